The molecule has 21 heavy (non-hydrogen) atoms. The first-order valence-electron chi connectivity index (χ1n) is 7.17. The lowest BCUT2D eigenvalue weighted by Crippen LogP contribution is -2.20. The molecule has 1 heterocycles. The van der Waals surface area contributed by atoms with Crippen LogP contribution in [-0.2, 0) is 19.9 Å². The Morgan fingerprint density at radius 3 is 2.52 bits per heavy atom. The summed E-state index contributed by atoms with van der Waals surface area (Å²) in [5.74, 6) is 0.376. The van der Waals surface area contributed by atoms with E-state index in [0.717, 1.165) is 40.3 Å². The molecule has 2 rings (SSSR count). The van der Waals surface area contributed by atoms with Crippen molar-refractivity contribution in [2.45, 2.75) is 25.7 Å². The Labute approximate surface area is 139 Å². The zero-order valence-corrected chi connectivity index (χ0v) is 15.0. The van der Waals surface area contributed by atoms with Gasteiger partial charge in [-0.1, -0.05) is 46.6 Å². The van der Waals surface area contributed by atoms with E-state index in [1.54, 1.807) is 0 Å². The molecule has 0 fully saturated rings. The topological polar surface area (TPSA) is 29.9 Å². The highest BCUT2D eigenvalue weighted by Gasteiger charge is 2.19. The van der Waals surface area contributed by atoms with Crippen LogP contribution in [0.25, 0.3) is 0 Å². The lowest BCUT2D eigenvalue weighted by atomic mass is 9.94. The SMILES string of the molecule is CCc1nn(C)c(CC(CNC)c2ccc(Br)cc2)c1Cl. The number of benzene rings is 1. The standard InChI is InChI=1S/C16H21BrClN3/c1-4-14-16(18)15(21(3)20-14)9-12(10-19-2)11-5-7-13(17)8-6-11/h5-8,12,19H,4,9-10H2,1-3H3. The molecular weight excluding hydrogens is 350 g/mol. The van der Waals surface area contributed by atoms with Gasteiger partial charge in [0.1, 0.15) is 0 Å². The Balaban J connectivity index is 2.28. The van der Waals surface area contributed by atoms with E-state index in [1.165, 1.54) is 5.56 Å². The fraction of sp³-hybridized carbons (Fsp3) is 0.438. The highest BCUT2D eigenvalue weighted by Crippen LogP contribution is 2.28. The van der Waals surface area contributed by atoms with Crippen LogP contribution in [0.1, 0.15) is 29.8 Å². The Hall–Kier alpha value is -0.840. The van der Waals surface area contributed by atoms with Crippen LogP contribution in [0.15, 0.2) is 28.7 Å². The molecular formula is C16H21BrClN3. The third-order valence-electron chi connectivity index (χ3n) is 3.73. The zero-order valence-electron chi connectivity index (χ0n) is 12.7. The van der Waals surface area contributed by atoms with Crippen LogP contribution in [-0.4, -0.2) is 23.4 Å². The van der Waals surface area contributed by atoms with E-state index in [1.807, 2.05) is 18.8 Å². The highest BCUT2D eigenvalue weighted by molar-refractivity contribution is 9.10. The summed E-state index contributed by atoms with van der Waals surface area (Å²) in [4.78, 5) is 0. The molecule has 1 atom stereocenters. The molecule has 1 aromatic carbocycles. The molecule has 2 aromatic rings. The Bertz CT molecular complexity index is 592. The molecule has 114 valence electrons. The Morgan fingerprint density at radius 1 is 1.33 bits per heavy atom. The number of hydrogen-bond donors (Lipinski definition) is 1. The quantitative estimate of drug-likeness (QED) is 0.834. The first-order chi connectivity index (χ1) is 10.1. The molecule has 0 aliphatic rings. The van der Waals surface area contributed by atoms with Gasteiger partial charge in [-0.15, -0.1) is 0 Å². The monoisotopic (exact) mass is 369 g/mol. The molecule has 3 nitrogen and oxygen atoms in total. The highest BCUT2D eigenvalue weighted by atomic mass is 79.9. The molecule has 0 saturated heterocycles. The van der Waals surface area contributed by atoms with Crippen LogP contribution in [0.4, 0.5) is 0 Å². The van der Waals surface area contributed by atoms with E-state index in [0.29, 0.717) is 5.92 Å². The van der Waals surface area contributed by atoms with Crippen molar-refractivity contribution in [1.29, 1.82) is 0 Å². The van der Waals surface area contributed by atoms with Gasteiger partial charge in [0.25, 0.3) is 0 Å². The summed E-state index contributed by atoms with van der Waals surface area (Å²) < 4.78 is 3.02. The molecule has 0 aliphatic heterocycles. The molecule has 0 radical (unpaired) electrons. The second kappa shape index (κ2) is 7.43. The maximum Gasteiger partial charge on any atom is 0.0849 e. The van der Waals surface area contributed by atoms with Gasteiger partial charge in [0.15, 0.2) is 0 Å². The molecule has 5 heteroatoms. The zero-order chi connectivity index (χ0) is 15.4. The van der Waals surface area contributed by atoms with Crippen LogP contribution < -0.4 is 5.32 Å². The smallest absolute Gasteiger partial charge is 0.0849 e. The minimum Gasteiger partial charge on any atom is -0.319 e. The summed E-state index contributed by atoms with van der Waals surface area (Å²) in [7, 11) is 3.95. The maximum atomic E-state index is 6.48. The number of aryl methyl sites for hydroxylation is 2. The molecule has 1 unspecified atom stereocenters. The predicted molar refractivity (Wildman–Crippen MR) is 92.1 cm³/mol. The van der Waals surface area contributed by atoms with Crippen molar-refractivity contribution in [3.05, 3.63) is 50.7 Å². The van der Waals surface area contributed by atoms with Crippen molar-refractivity contribution in [1.82, 2.24) is 15.1 Å². The average Bonchev–Trinajstić information content (AvgIpc) is 2.75. The lowest BCUT2D eigenvalue weighted by Gasteiger charge is -2.17. The van der Waals surface area contributed by atoms with Crippen LogP contribution in [0, 0.1) is 0 Å². The first kappa shape index (κ1) is 16.5. The number of hydrogen-bond acceptors (Lipinski definition) is 2. The van der Waals surface area contributed by atoms with E-state index in [9.17, 15) is 0 Å². The third kappa shape index (κ3) is 3.87. The van der Waals surface area contributed by atoms with Gasteiger partial charge in [0.05, 0.1) is 16.4 Å². The number of nitrogens with one attached hydrogen (secondary N) is 1. The fourth-order valence-electron chi connectivity index (χ4n) is 2.56. The number of nitrogens with zero attached hydrogens (tertiary/aromatic N) is 2. The number of halogens is 2. The molecule has 1 N–H and O–H groups in total. The van der Waals surface area contributed by atoms with Gasteiger partial charge in [-0.3, -0.25) is 4.68 Å². The van der Waals surface area contributed by atoms with Gasteiger partial charge in [0.2, 0.25) is 0 Å². The lowest BCUT2D eigenvalue weighted by molar-refractivity contribution is 0.590. The summed E-state index contributed by atoms with van der Waals surface area (Å²) in [6.07, 6.45) is 1.74. The number of aromatic nitrogens is 2. The van der Waals surface area contributed by atoms with Crippen LogP contribution in [0.5, 0.6) is 0 Å². The van der Waals surface area contributed by atoms with Crippen molar-refractivity contribution >= 4 is 27.5 Å². The predicted octanol–water partition coefficient (Wildman–Crippen LogP) is 3.94. The minimum absolute atomic E-state index is 0.376. The molecule has 0 amide bonds. The van der Waals surface area contributed by atoms with Gasteiger partial charge in [-0.2, -0.15) is 5.10 Å². The van der Waals surface area contributed by atoms with E-state index in [2.05, 4.69) is 57.5 Å². The summed E-state index contributed by atoms with van der Waals surface area (Å²) >= 11 is 9.96. The van der Waals surface area contributed by atoms with Gasteiger partial charge in [0, 0.05) is 24.0 Å². The van der Waals surface area contributed by atoms with E-state index in [-0.39, 0.29) is 0 Å². The molecule has 0 aliphatic carbocycles. The first-order valence-corrected chi connectivity index (χ1v) is 8.34. The van der Waals surface area contributed by atoms with Gasteiger partial charge in [-0.25, -0.2) is 0 Å². The molecule has 0 spiro atoms. The number of likely N-dealkylation sites (N-methyl/N-ethyl adjacent to an activating group) is 1. The second-order valence-electron chi connectivity index (χ2n) is 5.19. The normalized spacial score (nSPS) is 12.6. The van der Waals surface area contributed by atoms with Crippen molar-refractivity contribution in [2.24, 2.45) is 7.05 Å². The van der Waals surface area contributed by atoms with E-state index in [4.69, 9.17) is 11.6 Å². The summed E-state index contributed by atoms with van der Waals surface area (Å²) in [6.45, 7) is 2.99. The van der Waals surface area contributed by atoms with Crippen LogP contribution in [0.3, 0.4) is 0 Å². The average molecular weight is 371 g/mol. The Morgan fingerprint density at radius 2 is 2.00 bits per heavy atom. The van der Waals surface area contributed by atoms with E-state index < -0.39 is 0 Å². The van der Waals surface area contributed by atoms with E-state index >= 15 is 0 Å². The second-order valence-corrected chi connectivity index (χ2v) is 6.49. The van der Waals surface area contributed by atoms with Crippen molar-refractivity contribution in [2.75, 3.05) is 13.6 Å². The largest absolute Gasteiger partial charge is 0.319 e. The van der Waals surface area contributed by atoms with Gasteiger partial charge in [-0.05, 0) is 37.6 Å². The molecule has 0 saturated carbocycles. The Kier molecular flexibility index (Phi) is 5.85. The van der Waals surface area contributed by atoms with Crippen molar-refractivity contribution < 1.29 is 0 Å². The molecule has 1 aromatic heterocycles. The minimum atomic E-state index is 0.376. The van der Waals surface area contributed by atoms with Crippen molar-refractivity contribution in [3.8, 4) is 0 Å². The number of rotatable bonds is 6. The fourth-order valence-corrected chi connectivity index (χ4v) is 3.20. The summed E-state index contributed by atoms with van der Waals surface area (Å²) in [5.41, 5.74) is 3.40. The maximum absolute atomic E-state index is 6.48. The summed E-state index contributed by atoms with van der Waals surface area (Å²) in [5, 5.41) is 8.60. The molecule has 0 bridgehead atoms. The summed E-state index contributed by atoms with van der Waals surface area (Å²) in [6, 6.07) is 8.49. The van der Waals surface area contributed by atoms with Crippen molar-refractivity contribution in [3.63, 3.8) is 0 Å². The van der Waals surface area contributed by atoms with Crippen LogP contribution >= 0.6 is 27.5 Å². The van der Waals surface area contributed by atoms with Crippen LogP contribution in [0.2, 0.25) is 5.02 Å². The van der Waals surface area contributed by atoms with Gasteiger partial charge < -0.3 is 5.32 Å². The third-order valence-corrected chi connectivity index (χ3v) is 4.70. The van der Waals surface area contributed by atoms with Gasteiger partial charge >= 0.3 is 0 Å².